The van der Waals surface area contributed by atoms with Crippen molar-refractivity contribution in [3.8, 4) is 5.75 Å². The van der Waals surface area contributed by atoms with Crippen LogP contribution >= 0.6 is 0 Å². The van der Waals surface area contributed by atoms with Gasteiger partial charge in [-0.1, -0.05) is 12.1 Å². The van der Waals surface area contributed by atoms with Gasteiger partial charge in [0.25, 0.3) is 5.91 Å². The molecule has 0 aliphatic carbocycles. The highest BCUT2D eigenvalue weighted by atomic mass is 16.5. The highest BCUT2D eigenvalue weighted by molar-refractivity contribution is 5.86. The summed E-state index contributed by atoms with van der Waals surface area (Å²) in [6.07, 6.45) is 0.604. The Morgan fingerprint density at radius 3 is 2.86 bits per heavy atom. The summed E-state index contributed by atoms with van der Waals surface area (Å²) in [5.41, 5.74) is 1.98. The minimum atomic E-state index is -1.02. The monoisotopic (exact) mass is 297 g/mol. The summed E-state index contributed by atoms with van der Waals surface area (Å²) in [4.78, 5) is 10.9. The molecule has 21 heavy (non-hydrogen) atoms. The number of rotatable bonds is 8. The van der Waals surface area contributed by atoms with Crippen molar-refractivity contribution >= 4 is 5.91 Å². The van der Waals surface area contributed by atoms with Gasteiger partial charge in [0.2, 0.25) is 0 Å². The maximum absolute atomic E-state index is 10.9. The Labute approximate surface area is 122 Å². The van der Waals surface area contributed by atoms with Crippen molar-refractivity contribution in [1.82, 2.24) is 5.48 Å². The Balaban J connectivity index is 2.81. The third kappa shape index (κ3) is 5.52. The van der Waals surface area contributed by atoms with E-state index in [4.69, 9.17) is 19.8 Å². The molecular formula is C14H19NO6. The zero-order valence-electron chi connectivity index (χ0n) is 11.6. The van der Waals surface area contributed by atoms with E-state index in [0.29, 0.717) is 11.3 Å². The molecule has 0 saturated heterocycles. The third-order valence-corrected chi connectivity index (χ3v) is 2.69. The molecule has 0 aliphatic rings. The van der Waals surface area contributed by atoms with Crippen LogP contribution in [-0.2, 0) is 9.53 Å². The smallest absolute Gasteiger partial charge is 0.267 e. The van der Waals surface area contributed by atoms with Crippen molar-refractivity contribution in [3.05, 3.63) is 42.0 Å². The molecule has 0 bridgehead atoms. The number of hydroxylamine groups is 1. The summed E-state index contributed by atoms with van der Waals surface area (Å²) in [6, 6.07) is 6.69. The second-order valence-corrected chi connectivity index (χ2v) is 4.12. The van der Waals surface area contributed by atoms with Crippen molar-refractivity contribution in [3.63, 3.8) is 0 Å². The molecule has 7 nitrogen and oxygen atoms in total. The van der Waals surface area contributed by atoms with Crippen LogP contribution in [-0.4, -0.2) is 47.8 Å². The SMILES string of the molecule is CO[C@@H](/C=C/C(=O)NO)[C@@H](O)c1cccc(OCCO)c1. The van der Waals surface area contributed by atoms with Gasteiger partial charge in [0.15, 0.2) is 0 Å². The lowest BCUT2D eigenvalue weighted by molar-refractivity contribution is -0.124. The molecule has 116 valence electrons. The molecule has 7 heteroatoms. The molecule has 4 N–H and O–H groups in total. The van der Waals surface area contributed by atoms with Gasteiger partial charge in [-0.2, -0.15) is 0 Å². The Bertz CT molecular complexity index is 476. The molecule has 1 amide bonds. The van der Waals surface area contributed by atoms with Crippen molar-refractivity contribution in [2.45, 2.75) is 12.2 Å². The fourth-order valence-electron chi connectivity index (χ4n) is 1.67. The first kappa shape index (κ1) is 17.1. The molecule has 0 aromatic heterocycles. The zero-order chi connectivity index (χ0) is 15.7. The summed E-state index contributed by atoms with van der Waals surface area (Å²) >= 11 is 0. The molecule has 0 radical (unpaired) electrons. The van der Waals surface area contributed by atoms with Gasteiger partial charge in [-0.3, -0.25) is 10.0 Å². The van der Waals surface area contributed by atoms with Crippen LogP contribution < -0.4 is 10.2 Å². The topological polar surface area (TPSA) is 108 Å². The minimum Gasteiger partial charge on any atom is -0.491 e. The van der Waals surface area contributed by atoms with Crippen LogP contribution in [0.25, 0.3) is 0 Å². The summed E-state index contributed by atoms with van der Waals surface area (Å²) in [6.45, 7) is 0.0519. The first-order chi connectivity index (χ1) is 10.1. The quantitative estimate of drug-likeness (QED) is 0.309. The maximum Gasteiger partial charge on any atom is 0.267 e. The van der Waals surface area contributed by atoms with E-state index < -0.39 is 18.1 Å². The number of amides is 1. The average molecular weight is 297 g/mol. The van der Waals surface area contributed by atoms with Gasteiger partial charge in [0, 0.05) is 13.2 Å². The predicted octanol–water partition coefficient (Wildman–Crippen LogP) is 0.168. The molecule has 0 aliphatic heterocycles. The van der Waals surface area contributed by atoms with Gasteiger partial charge in [-0.05, 0) is 23.8 Å². The fraction of sp³-hybridized carbons (Fsp3) is 0.357. The normalized spacial score (nSPS) is 13.9. The van der Waals surface area contributed by atoms with Gasteiger partial charge in [-0.15, -0.1) is 0 Å². The molecule has 2 atom stereocenters. The molecule has 0 spiro atoms. The Morgan fingerprint density at radius 1 is 1.48 bits per heavy atom. The standard InChI is InChI=1S/C14H19NO6/c1-20-12(5-6-13(17)15-19)14(18)10-3-2-4-11(9-10)21-8-7-16/h2-6,9,12,14,16,18-19H,7-8H2,1H3,(H,15,17)/b6-5+/t12-,14-/m0/s1. The van der Waals surface area contributed by atoms with Crippen LogP contribution in [0.5, 0.6) is 5.75 Å². The summed E-state index contributed by atoms with van der Waals surface area (Å²) in [7, 11) is 1.39. The van der Waals surface area contributed by atoms with E-state index in [9.17, 15) is 9.90 Å². The second kappa shape index (κ2) is 9.09. The molecule has 0 heterocycles. The first-order valence-electron chi connectivity index (χ1n) is 6.29. The minimum absolute atomic E-state index is 0.105. The summed E-state index contributed by atoms with van der Waals surface area (Å²) in [5.74, 6) is -0.211. The number of aliphatic hydroxyl groups excluding tert-OH is 2. The highest BCUT2D eigenvalue weighted by Gasteiger charge is 2.18. The Morgan fingerprint density at radius 2 is 2.24 bits per heavy atom. The van der Waals surface area contributed by atoms with E-state index in [1.807, 2.05) is 0 Å². The van der Waals surface area contributed by atoms with Crippen LogP contribution in [0.1, 0.15) is 11.7 Å². The second-order valence-electron chi connectivity index (χ2n) is 4.12. The predicted molar refractivity (Wildman–Crippen MR) is 73.8 cm³/mol. The first-order valence-corrected chi connectivity index (χ1v) is 6.29. The van der Waals surface area contributed by atoms with Crippen molar-refractivity contribution in [2.24, 2.45) is 0 Å². The molecule has 1 aromatic rings. The largest absolute Gasteiger partial charge is 0.491 e. The number of benzene rings is 1. The molecule has 0 fully saturated rings. The molecular weight excluding hydrogens is 278 g/mol. The average Bonchev–Trinajstić information content (AvgIpc) is 2.53. The fourth-order valence-corrected chi connectivity index (χ4v) is 1.67. The maximum atomic E-state index is 10.9. The van der Waals surface area contributed by atoms with Crippen LogP contribution in [0.3, 0.4) is 0 Å². The van der Waals surface area contributed by atoms with Gasteiger partial charge < -0.3 is 19.7 Å². The lowest BCUT2D eigenvalue weighted by atomic mass is 10.0. The van der Waals surface area contributed by atoms with E-state index in [-0.39, 0.29) is 13.2 Å². The number of methoxy groups -OCH3 is 1. The van der Waals surface area contributed by atoms with Crippen LogP contribution in [0.2, 0.25) is 0 Å². The number of nitrogens with one attached hydrogen (secondary N) is 1. The van der Waals surface area contributed by atoms with Gasteiger partial charge >= 0.3 is 0 Å². The van der Waals surface area contributed by atoms with E-state index >= 15 is 0 Å². The zero-order valence-corrected chi connectivity index (χ0v) is 11.6. The van der Waals surface area contributed by atoms with Crippen molar-refractivity contribution in [2.75, 3.05) is 20.3 Å². The highest BCUT2D eigenvalue weighted by Crippen LogP contribution is 2.23. The van der Waals surface area contributed by atoms with E-state index in [1.165, 1.54) is 18.7 Å². The van der Waals surface area contributed by atoms with Crippen LogP contribution in [0, 0.1) is 0 Å². The lowest BCUT2D eigenvalue weighted by Crippen LogP contribution is -2.21. The number of carbonyl (C=O) groups excluding carboxylic acids is 1. The van der Waals surface area contributed by atoms with E-state index in [2.05, 4.69) is 0 Å². The van der Waals surface area contributed by atoms with Gasteiger partial charge in [0.1, 0.15) is 24.6 Å². The van der Waals surface area contributed by atoms with Crippen molar-refractivity contribution in [1.29, 1.82) is 0 Å². The Hall–Kier alpha value is -1.93. The van der Waals surface area contributed by atoms with Crippen LogP contribution in [0.4, 0.5) is 0 Å². The molecule has 1 aromatic carbocycles. The van der Waals surface area contributed by atoms with Gasteiger partial charge in [0.05, 0.1) is 6.61 Å². The van der Waals surface area contributed by atoms with Crippen molar-refractivity contribution < 1.29 is 29.7 Å². The Kier molecular flexibility index (Phi) is 7.41. The van der Waals surface area contributed by atoms with Crippen LogP contribution in [0.15, 0.2) is 36.4 Å². The number of aliphatic hydroxyl groups is 2. The molecule has 0 saturated carbocycles. The number of carbonyl (C=O) groups is 1. The number of hydrogen-bond acceptors (Lipinski definition) is 6. The molecule has 0 unspecified atom stereocenters. The lowest BCUT2D eigenvalue weighted by Gasteiger charge is -2.19. The van der Waals surface area contributed by atoms with E-state index in [1.54, 1.807) is 24.3 Å². The van der Waals surface area contributed by atoms with E-state index in [0.717, 1.165) is 6.08 Å². The van der Waals surface area contributed by atoms with Gasteiger partial charge in [-0.25, -0.2) is 5.48 Å². The number of hydrogen-bond donors (Lipinski definition) is 4. The summed E-state index contributed by atoms with van der Waals surface area (Å²) in [5, 5.41) is 27.4. The third-order valence-electron chi connectivity index (χ3n) is 2.69. The summed E-state index contributed by atoms with van der Waals surface area (Å²) < 4.78 is 10.4. The molecule has 1 rings (SSSR count). The number of ether oxygens (including phenoxy) is 2.